The van der Waals surface area contributed by atoms with Crippen molar-refractivity contribution in [1.82, 2.24) is 0 Å². The molecule has 0 saturated heterocycles. The number of hydrogen-bond donors (Lipinski definition) is 0. The summed E-state index contributed by atoms with van der Waals surface area (Å²) in [6.45, 7) is 4.17. The lowest BCUT2D eigenvalue weighted by Crippen LogP contribution is -2.14. The van der Waals surface area contributed by atoms with E-state index in [2.05, 4.69) is 6.92 Å². The van der Waals surface area contributed by atoms with Gasteiger partial charge in [-0.05, 0) is 24.5 Å². The predicted octanol–water partition coefficient (Wildman–Crippen LogP) is 8.70. The molecule has 0 bridgehead atoms. The number of alkyl halides is 1. The molecular weight excluding hydrogens is 411 g/mol. The van der Waals surface area contributed by atoms with Gasteiger partial charge in [-0.2, -0.15) is 0 Å². The molecule has 0 spiro atoms. The number of rotatable bonds is 14. The zero-order valence-corrected chi connectivity index (χ0v) is 19.9. The minimum absolute atomic E-state index is 0.0331. The molecule has 2 aromatic carbocycles. The Labute approximate surface area is 188 Å². The van der Waals surface area contributed by atoms with Crippen molar-refractivity contribution < 1.29 is 9.36 Å². The largest absolute Gasteiger partial charge is 0.289 e. The van der Waals surface area contributed by atoms with Crippen molar-refractivity contribution in [3.63, 3.8) is 0 Å². The molecule has 2 rings (SSSR count). The molecule has 0 amide bonds. The van der Waals surface area contributed by atoms with Crippen LogP contribution in [0.3, 0.4) is 0 Å². The van der Waals surface area contributed by atoms with Gasteiger partial charge in [0.05, 0.1) is 11.0 Å². The van der Waals surface area contributed by atoms with Crippen molar-refractivity contribution in [3.8, 4) is 0 Å². The maximum Gasteiger partial charge on any atom is 0.193 e. The van der Waals surface area contributed by atoms with Crippen molar-refractivity contribution in [3.05, 3.63) is 70.8 Å². The lowest BCUT2D eigenvalue weighted by molar-refractivity contribution is 0.103. The fraction of sp³-hybridized carbons (Fsp3) is 0.500. The van der Waals surface area contributed by atoms with Crippen LogP contribution in [0.4, 0.5) is 0 Å². The molecule has 2 aromatic rings. The maximum absolute atomic E-state index is 13.2. The van der Waals surface area contributed by atoms with E-state index in [1.807, 2.05) is 55.5 Å². The third kappa shape index (κ3) is 7.33. The van der Waals surface area contributed by atoms with Crippen LogP contribution in [0.5, 0.6) is 0 Å². The van der Waals surface area contributed by atoms with Crippen LogP contribution in [0.2, 0.25) is 0 Å². The van der Waals surface area contributed by atoms with Crippen LogP contribution >= 0.6 is 20.1 Å². The van der Waals surface area contributed by atoms with Gasteiger partial charge in [0.15, 0.2) is 14.2 Å². The second-order valence-corrected chi connectivity index (χ2v) is 9.39. The number of halogens is 1. The van der Waals surface area contributed by atoms with E-state index in [1.165, 1.54) is 38.5 Å². The number of ketones is 1. The van der Waals surface area contributed by atoms with E-state index in [0.717, 1.165) is 30.4 Å². The fourth-order valence-corrected chi connectivity index (χ4v) is 4.93. The SMILES string of the molecule is CCCCCCCCCCC(Cl)C(P=O)c1ccccc1C(=O)c1ccccc1C. The van der Waals surface area contributed by atoms with Crippen LogP contribution in [-0.4, -0.2) is 11.2 Å². The van der Waals surface area contributed by atoms with Gasteiger partial charge in [0.2, 0.25) is 0 Å². The molecule has 0 aliphatic heterocycles. The third-order valence-electron chi connectivity index (χ3n) is 5.70. The lowest BCUT2D eigenvalue weighted by atomic mass is 9.92. The van der Waals surface area contributed by atoms with Crippen LogP contribution < -0.4 is 0 Å². The number of hydrogen-bond acceptors (Lipinski definition) is 2. The summed E-state index contributed by atoms with van der Waals surface area (Å²) in [4.78, 5) is 13.2. The van der Waals surface area contributed by atoms with Crippen LogP contribution in [0.1, 0.15) is 97.4 Å². The van der Waals surface area contributed by atoms with Crippen molar-refractivity contribution in [2.75, 3.05) is 0 Å². The van der Waals surface area contributed by atoms with Crippen LogP contribution in [0.15, 0.2) is 48.5 Å². The summed E-state index contributed by atoms with van der Waals surface area (Å²) in [6, 6.07) is 15.0. The van der Waals surface area contributed by atoms with Crippen molar-refractivity contribution in [1.29, 1.82) is 0 Å². The van der Waals surface area contributed by atoms with Gasteiger partial charge in [-0.15, -0.1) is 11.6 Å². The van der Waals surface area contributed by atoms with E-state index < -0.39 is 0 Å². The topological polar surface area (TPSA) is 34.1 Å². The van der Waals surface area contributed by atoms with Gasteiger partial charge in [-0.1, -0.05) is 107 Å². The summed E-state index contributed by atoms with van der Waals surface area (Å²) >= 11 is 6.70. The second kappa shape index (κ2) is 13.7. The summed E-state index contributed by atoms with van der Waals surface area (Å²) in [5.74, 6) is -0.0340. The number of carbonyl (C=O) groups is 1. The Bertz CT molecular complexity index is 805. The molecule has 0 aliphatic carbocycles. The molecule has 0 heterocycles. The molecule has 4 heteroatoms. The van der Waals surface area contributed by atoms with E-state index in [0.29, 0.717) is 11.1 Å². The maximum atomic E-state index is 13.2. The Kier molecular flexibility index (Phi) is 11.3. The number of aryl methyl sites for hydroxylation is 1. The minimum atomic E-state index is -0.375. The molecule has 2 atom stereocenters. The minimum Gasteiger partial charge on any atom is -0.289 e. The van der Waals surface area contributed by atoms with E-state index >= 15 is 0 Å². The highest BCUT2D eigenvalue weighted by Gasteiger charge is 2.26. The highest BCUT2D eigenvalue weighted by Crippen LogP contribution is 2.38. The first-order valence-electron chi connectivity index (χ1n) is 11.3. The molecule has 0 aromatic heterocycles. The molecule has 0 N–H and O–H groups in total. The van der Waals surface area contributed by atoms with Gasteiger partial charge in [0.25, 0.3) is 0 Å². The molecule has 162 valence electrons. The highest BCUT2D eigenvalue weighted by molar-refractivity contribution is 7.24. The smallest absolute Gasteiger partial charge is 0.193 e. The van der Waals surface area contributed by atoms with Gasteiger partial charge >= 0.3 is 0 Å². The zero-order chi connectivity index (χ0) is 21.8. The lowest BCUT2D eigenvalue weighted by Gasteiger charge is -2.19. The van der Waals surface area contributed by atoms with Gasteiger partial charge in [0, 0.05) is 11.1 Å². The average Bonchev–Trinajstić information content (AvgIpc) is 2.76. The Morgan fingerprint density at radius 3 is 2.07 bits per heavy atom. The van der Waals surface area contributed by atoms with E-state index in [1.54, 1.807) is 0 Å². The highest BCUT2D eigenvalue weighted by atomic mass is 35.5. The van der Waals surface area contributed by atoms with E-state index in [9.17, 15) is 9.36 Å². The standard InChI is InChI=1S/C26H34ClO2P/c1-3-4-5-6-7-8-9-10-19-24(27)26(30-29)23-18-14-13-17-22(23)25(28)21-16-12-11-15-20(21)2/h11-18,24,26H,3-10,19H2,1-2H3. The molecule has 2 nitrogen and oxygen atoms in total. The van der Waals surface area contributed by atoms with Gasteiger partial charge < -0.3 is 0 Å². The number of carbonyl (C=O) groups excluding carboxylic acids is 1. The summed E-state index contributed by atoms with van der Waals surface area (Å²) in [6.07, 6.45) is 10.8. The van der Waals surface area contributed by atoms with Crippen molar-refractivity contribution in [2.45, 2.75) is 82.7 Å². The molecular formula is C26H34ClO2P. The Morgan fingerprint density at radius 1 is 0.867 bits per heavy atom. The number of benzene rings is 2. The van der Waals surface area contributed by atoms with Crippen LogP contribution in [0, 0.1) is 6.92 Å². The Morgan fingerprint density at radius 2 is 1.43 bits per heavy atom. The van der Waals surface area contributed by atoms with Gasteiger partial charge in [-0.25, -0.2) is 0 Å². The monoisotopic (exact) mass is 444 g/mol. The Hall–Kier alpha value is -1.50. The molecule has 2 unspecified atom stereocenters. The predicted molar refractivity (Wildman–Crippen MR) is 128 cm³/mol. The fourth-order valence-electron chi connectivity index (χ4n) is 3.88. The van der Waals surface area contributed by atoms with Crippen molar-refractivity contribution in [2.24, 2.45) is 0 Å². The third-order valence-corrected chi connectivity index (χ3v) is 7.21. The first-order chi connectivity index (χ1) is 14.6. The van der Waals surface area contributed by atoms with Crippen LogP contribution in [-0.2, 0) is 4.57 Å². The quantitative estimate of drug-likeness (QED) is 0.126. The van der Waals surface area contributed by atoms with E-state index in [4.69, 9.17) is 11.6 Å². The summed E-state index contributed by atoms with van der Waals surface area (Å²) in [5.41, 5.74) is 2.62. The Balaban J connectivity index is 2.00. The summed E-state index contributed by atoms with van der Waals surface area (Å²) < 4.78 is 12.1. The average molecular weight is 445 g/mol. The molecule has 0 fully saturated rings. The van der Waals surface area contributed by atoms with Crippen LogP contribution in [0.25, 0.3) is 0 Å². The molecule has 0 radical (unpaired) electrons. The zero-order valence-electron chi connectivity index (χ0n) is 18.3. The first-order valence-corrected chi connectivity index (χ1v) is 12.6. The normalized spacial score (nSPS) is 13.3. The van der Waals surface area contributed by atoms with Gasteiger partial charge in [0.1, 0.15) is 0 Å². The summed E-state index contributed by atoms with van der Waals surface area (Å²) in [7, 11) is -0.0331. The van der Waals surface area contributed by atoms with Gasteiger partial charge in [-0.3, -0.25) is 9.36 Å². The first kappa shape index (κ1) is 24.8. The summed E-state index contributed by atoms with van der Waals surface area (Å²) in [5, 5.41) is -0.255. The van der Waals surface area contributed by atoms with Crippen molar-refractivity contribution >= 4 is 25.8 Å². The molecule has 0 aliphatic rings. The molecule has 30 heavy (non-hydrogen) atoms. The number of unbranched alkanes of at least 4 members (excludes halogenated alkanes) is 7. The van der Waals surface area contributed by atoms with E-state index in [-0.39, 0.29) is 25.3 Å². The molecule has 0 saturated carbocycles. The second-order valence-electron chi connectivity index (χ2n) is 8.06.